The maximum Gasteiger partial charge on any atom is 0.231 e. The molecule has 1 atom stereocenters. The summed E-state index contributed by atoms with van der Waals surface area (Å²) in [6.45, 7) is 5.01. The van der Waals surface area contributed by atoms with Crippen LogP contribution in [-0.4, -0.2) is 68.6 Å². The maximum atomic E-state index is 13.3. The van der Waals surface area contributed by atoms with E-state index in [9.17, 15) is 4.79 Å². The van der Waals surface area contributed by atoms with Gasteiger partial charge in [-0.05, 0) is 30.7 Å². The van der Waals surface area contributed by atoms with Gasteiger partial charge in [0, 0.05) is 26.2 Å². The average Bonchev–Trinajstić information content (AvgIpc) is 2.85. The van der Waals surface area contributed by atoms with Gasteiger partial charge < -0.3 is 14.5 Å². The van der Waals surface area contributed by atoms with E-state index < -0.39 is 0 Å². The van der Waals surface area contributed by atoms with Gasteiger partial charge in [-0.3, -0.25) is 9.69 Å². The van der Waals surface area contributed by atoms with Crippen molar-refractivity contribution < 1.29 is 9.53 Å². The number of terminal acetylenes is 2. The molecule has 0 spiro atoms. The molecule has 1 heterocycles. The van der Waals surface area contributed by atoms with E-state index >= 15 is 0 Å². The van der Waals surface area contributed by atoms with Crippen molar-refractivity contribution >= 4 is 11.6 Å². The summed E-state index contributed by atoms with van der Waals surface area (Å²) in [5, 5.41) is 0. The van der Waals surface area contributed by atoms with Crippen LogP contribution in [0.1, 0.15) is 17.9 Å². The van der Waals surface area contributed by atoms with Crippen molar-refractivity contribution in [1.82, 2.24) is 9.80 Å². The number of methoxy groups -OCH3 is 1. The number of carbonyl (C=O) groups is 1. The second-order valence-corrected chi connectivity index (χ2v) is 7.86. The molecule has 0 aliphatic carbocycles. The van der Waals surface area contributed by atoms with E-state index in [1.807, 2.05) is 48.5 Å². The van der Waals surface area contributed by atoms with Gasteiger partial charge in [-0.15, -0.1) is 12.8 Å². The Kier molecular flexibility index (Phi) is 8.61. The molecule has 2 aromatic carbocycles. The van der Waals surface area contributed by atoms with Crippen molar-refractivity contribution in [2.45, 2.75) is 12.3 Å². The van der Waals surface area contributed by atoms with Gasteiger partial charge in [0.1, 0.15) is 5.75 Å². The van der Waals surface area contributed by atoms with Gasteiger partial charge in [-0.25, -0.2) is 0 Å². The first-order chi connectivity index (χ1) is 15.7. The van der Waals surface area contributed by atoms with Crippen LogP contribution in [0.3, 0.4) is 0 Å². The molecule has 1 aliphatic rings. The Labute approximate surface area is 192 Å². The van der Waals surface area contributed by atoms with E-state index in [1.165, 1.54) is 0 Å². The smallest absolute Gasteiger partial charge is 0.231 e. The van der Waals surface area contributed by atoms with E-state index in [0.717, 1.165) is 56.1 Å². The standard InChI is InChI=1S/C27H31N3O2/c1-4-16-30(17-5-2)27(31)24(23-11-7-6-8-12-23)15-18-28-19-21-29(22-20-28)25-13-9-10-14-26(25)32-3/h1-2,6-14,24H,15-22H2,3H3. The summed E-state index contributed by atoms with van der Waals surface area (Å²) in [5.74, 6) is 5.76. The van der Waals surface area contributed by atoms with Crippen LogP contribution in [0.5, 0.6) is 5.75 Å². The molecule has 0 N–H and O–H groups in total. The Morgan fingerprint density at radius 2 is 1.62 bits per heavy atom. The van der Waals surface area contributed by atoms with Gasteiger partial charge >= 0.3 is 0 Å². The van der Waals surface area contributed by atoms with Crippen LogP contribution in [0, 0.1) is 24.7 Å². The fraction of sp³-hybridized carbons (Fsp3) is 0.370. The fourth-order valence-corrected chi connectivity index (χ4v) is 4.19. The Balaban J connectivity index is 1.64. The first kappa shape index (κ1) is 23.3. The molecule has 1 saturated heterocycles. The second-order valence-electron chi connectivity index (χ2n) is 7.86. The number of benzene rings is 2. The van der Waals surface area contributed by atoms with Gasteiger partial charge in [0.25, 0.3) is 0 Å². The van der Waals surface area contributed by atoms with Gasteiger partial charge in [0.2, 0.25) is 5.91 Å². The van der Waals surface area contributed by atoms with Gasteiger partial charge in [0.15, 0.2) is 0 Å². The molecule has 0 radical (unpaired) electrons. The van der Waals surface area contributed by atoms with Crippen LogP contribution in [0.25, 0.3) is 0 Å². The molecular weight excluding hydrogens is 398 g/mol. The molecule has 0 saturated carbocycles. The van der Waals surface area contributed by atoms with Crippen molar-refractivity contribution in [2.75, 3.05) is 57.8 Å². The van der Waals surface area contributed by atoms with E-state index in [0.29, 0.717) is 0 Å². The third-order valence-electron chi connectivity index (χ3n) is 5.91. The third-order valence-corrected chi connectivity index (χ3v) is 5.91. The van der Waals surface area contributed by atoms with Crippen LogP contribution < -0.4 is 9.64 Å². The summed E-state index contributed by atoms with van der Waals surface area (Å²) < 4.78 is 5.52. The summed E-state index contributed by atoms with van der Waals surface area (Å²) in [5.41, 5.74) is 2.13. The Bertz CT molecular complexity index is 937. The summed E-state index contributed by atoms with van der Waals surface area (Å²) in [6, 6.07) is 18.0. The molecule has 166 valence electrons. The van der Waals surface area contributed by atoms with Crippen molar-refractivity contribution in [1.29, 1.82) is 0 Å². The largest absolute Gasteiger partial charge is 0.495 e. The highest BCUT2D eigenvalue weighted by Gasteiger charge is 2.27. The second kappa shape index (κ2) is 11.8. The first-order valence-electron chi connectivity index (χ1n) is 11.0. The molecule has 1 fully saturated rings. The average molecular weight is 430 g/mol. The lowest BCUT2D eigenvalue weighted by molar-refractivity contribution is -0.131. The van der Waals surface area contributed by atoms with Crippen molar-refractivity contribution in [3.8, 4) is 30.4 Å². The fourth-order valence-electron chi connectivity index (χ4n) is 4.19. The Morgan fingerprint density at radius 3 is 2.25 bits per heavy atom. The number of hydrogen-bond donors (Lipinski definition) is 0. The zero-order valence-electron chi connectivity index (χ0n) is 18.7. The SMILES string of the molecule is C#CCN(CC#C)C(=O)C(CCN1CCN(c2ccccc2OC)CC1)c1ccccc1. The van der Waals surface area contributed by atoms with Crippen LogP contribution in [0.15, 0.2) is 54.6 Å². The minimum Gasteiger partial charge on any atom is -0.495 e. The summed E-state index contributed by atoms with van der Waals surface area (Å²) >= 11 is 0. The lowest BCUT2D eigenvalue weighted by Crippen LogP contribution is -2.47. The quantitative estimate of drug-likeness (QED) is 0.574. The molecular formula is C27H31N3O2. The monoisotopic (exact) mass is 429 g/mol. The number of hydrogen-bond acceptors (Lipinski definition) is 4. The summed E-state index contributed by atoms with van der Waals surface area (Å²) in [4.78, 5) is 19.7. The molecule has 5 nitrogen and oxygen atoms in total. The zero-order valence-corrected chi connectivity index (χ0v) is 18.7. The third kappa shape index (κ3) is 5.84. The molecule has 2 aromatic rings. The lowest BCUT2D eigenvalue weighted by Gasteiger charge is -2.37. The van der Waals surface area contributed by atoms with Crippen LogP contribution in [0.4, 0.5) is 5.69 Å². The van der Waals surface area contributed by atoms with E-state index in [4.69, 9.17) is 17.6 Å². The number of rotatable bonds is 9. The Hall–Kier alpha value is -3.41. The van der Waals surface area contributed by atoms with E-state index in [2.05, 4.69) is 27.7 Å². The van der Waals surface area contributed by atoms with E-state index in [1.54, 1.807) is 12.0 Å². The van der Waals surface area contributed by atoms with Crippen LogP contribution in [-0.2, 0) is 4.79 Å². The van der Waals surface area contributed by atoms with Crippen molar-refractivity contribution in [2.24, 2.45) is 0 Å². The molecule has 1 amide bonds. The predicted molar refractivity (Wildman–Crippen MR) is 130 cm³/mol. The first-order valence-corrected chi connectivity index (χ1v) is 11.0. The van der Waals surface area contributed by atoms with Gasteiger partial charge in [0.05, 0.1) is 31.8 Å². The number of nitrogens with zero attached hydrogens (tertiary/aromatic N) is 3. The molecule has 0 bridgehead atoms. The Morgan fingerprint density at radius 1 is 1.00 bits per heavy atom. The molecule has 5 heteroatoms. The molecule has 3 rings (SSSR count). The molecule has 32 heavy (non-hydrogen) atoms. The molecule has 1 aliphatic heterocycles. The topological polar surface area (TPSA) is 36.0 Å². The van der Waals surface area contributed by atoms with Crippen LogP contribution in [0.2, 0.25) is 0 Å². The van der Waals surface area contributed by atoms with E-state index in [-0.39, 0.29) is 24.9 Å². The number of anilines is 1. The van der Waals surface area contributed by atoms with Crippen LogP contribution >= 0.6 is 0 Å². The molecule has 1 unspecified atom stereocenters. The number of piperazine rings is 1. The highest BCUT2D eigenvalue weighted by atomic mass is 16.5. The number of amides is 1. The number of ether oxygens (including phenoxy) is 1. The van der Waals surface area contributed by atoms with Crippen molar-refractivity contribution in [3.63, 3.8) is 0 Å². The molecule has 0 aromatic heterocycles. The summed E-state index contributed by atoms with van der Waals surface area (Å²) in [6.07, 6.45) is 11.7. The number of carbonyl (C=O) groups excluding carboxylic acids is 1. The maximum absolute atomic E-state index is 13.3. The summed E-state index contributed by atoms with van der Waals surface area (Å²) in [7, 11) is 1.71. The predicted octanol–water partition coefficient (Wildman–Crippen LogP) is 3.09. The number of para-hydroxylation sites is 2. The minimum absolute atomic E-state index is 0.000224. The zero-order chi connectivity index (χ0) is 22.8. The van der Waals surface area contributed by atoms with Gasteiger partial charge in [-0.1, -0.05) is 54.3 Å². The lowest BCUT2D eigenvalue weighted by atomic mass is 9.93. The highest BCUT2D eigenvalue weighted by molar-refractivity contribution is 5.84. The minimum atomic E-state index is -0.259. The van der Waals surface area contributed by atoms with Gasteiger partial charge in [-0.2, -0.15) is 0 Å². The highest BCUT2D eigenvalue weighted by Crippen LogP contribution is 2.29. The van der Waals surface area contributed by atoms with Crippen molar-refractivity contribution in [3.05, 3.63) is 60.2 Å². The normalized spacial score (nSPS) is 14.8.